The molecule has 112 valence electrons. The van der Waals surface area contributed by atoms with Crippen LogP contribution in [-0.2, 0) is 4.74 Å². The van der Waals surface area contributed by atoms with Gasteiger partial charge in [0.05, 0.1) is 11.7 Å². The molecular weight excluding hydrogens is 266 g/mol. The van der Waals surface area contributed by atoms with Gasteiger partial charge in [-0.2, -0.15) is 0 Å². The van der Waals surface area contributed by atoms with E-state index in [-0.39, 0.29) is 24.7 Å². The summed E-state index contributed by atoms with van der Waals surface area (Å²) in [7, 11) is 1.71. The number of carbonyl (C=O) groups is 1. The van der Waals surface area contributed by atoms with Crippen molar-refractivity contribution in [3.63, 3.8) is 0 Å². The highest BCUT2D eigenvalue weighted by molar-refractivity contribution is 5.97. The molecule has 4 heteroatoms. The Morgan fingerprint density at radius 1 is 1.48 bits per heavy atom. The van der Waals surface area contributed by atoms with Crippen LogP contribution in [0, 0.1) is 18.8 Å². The summed E-state index contributed by atoms with van der Waals surface area (Å²) in [6, 6.07) is 5.70. The van der Waals surface area contributed by atoms with E-state index >= 15 is 0 Å². The number of carbonyl (C=O) groups excluding carboxylic acids is 1. The maximum atomic E-state index is 12.4. The standard InChI is InChI=1S/C17H21NO3/c1-12-5-8-16(13(10-12)4-3-9-19)17(20)18-14-6-7-15(11-14)21-2/h5,8,10,14-15,19H,6-7,9,11H2,1-2H3,(H,18,20). The minimum atomic E-state index is -0.215. The maximum Gasteiger partial charge on any atom is 0.252 e. The minimum Gasteiger partial charge on any atom is -0.384 e. The van der Waals surface area contributed by atoms with Gasteiger partial charge in [-0.1, -0.05) is 17.9 Å². The van der Waals surface area contributed by atoms with Crippen LogP contribution in [0.1, 0.15) is 40.7 Å². The number of aliphatic hydroxyl groups excluding tert-OH is 1. The Balaban J connectivity index is 2.12. The Labute approximate surface area is 125 Å². The summed E-state index contributed by atoms with van der Waals surface area (Å²) < 4.78 is 5.32. The first-order chi connectivity index (χ1) is 10.1. The third kappa shape index (κ3) is 4.07. The molecule has 1 aromatic carbocycles. The van der Waals surface area contributed by atoms with Crippen molar-refractivity contribution in [3.8, 4) is 11.8 Å². The first-order valence-electron chi connectivity index (χ1n) is 7.18. The molecule has 0 aliphatic heterocycles. The zero-order valence-electron chi connectivity index (χ0n) is 12.5. The van der Waals surface area contributed by atoms with Crippen molar-refractivity contribution < 1.29 is 14.6 Å². The number of nitrogens with one attached hydrogen (secondary N) is 1. The first-order valence-corrected chi connectivity index (χ1v) is 7.18. The molecule has 2 rings (SSSR count). The number of aliphatic hydroxyl groups is 1. The van der Waals surface area contributed by atoms with Gasteiger partial charge in [-0.15, -0.1) is 0 Å². The van der Waals surface area contributed by atoms with Gasteiger partial charge in [0.2, 0.25) is 0 Å². The molecular formula is C17H21NO3. The van der Waals surface area contributed by atoms with Crippen molar-refractivity contribution in [2.24, 2.45) is 0 Å². The highest BCUT2D eigenvalue weighted by Crippen LogP contribution is 2.22. The summed E-state index contributed by atoms with van der Waals surface area (Å²) in [5.74, 6) is 5.33. The second kappa shape index (κ2) is 7.26. The molecule has 4 nitrogen and oxygen atoms in total. The van der Waals surface area contributed by atoms with E-state index in [1.165, 1.54) is 0 Å². The lowest BCUT2D eigenvalue weighted by Crippen LogP contribution is -2.33. The molecule has 0 radical (unpaired) electrons. The van der Waals surface area contributed by atoms with Crippen LogP contribution in [0.2, 0.25) is 0 Å². The van der Waals surface area contributed by atoms with Gasteiger partial charge in [-0.25, -0.2) is 0 Å². The molecule has 1 fully saturated rings. The fourth-order valence-corrected chi connectivity index (χ4v) is 2.64. The first kappa shape index (κ1) is 15.6. The van der Waals surface area contributed by atoms with Gasteiger partial charge < -0.3 is 15.2 Å². The van der Waals surface area contributed by atoms with Crippen LogP contribution in [0.5, 0.6) is 0 Å². The number of hydrogen-bond acceptors (Lipinski definition) is 3. The topological polar surface area (TPSA) is 58.6 Å². The molecule has 1 aliphatic carbocycles. The fourth-order valence-electron chi connectivity index (χ4n) is 2.64. The minimum absolute atomic E-state index is 0.112. The van der Waals surface area contributed by atoms with E-state index in [0.717, 1.165) is 24.8 Å². The monoisotopic (exact) mass is 287 g/mol. The Kier molecular flexibility index (Phi) is 5.38. The molecule has 21 heavy (non-hydrogen) atoms. The molecule has 1 aliphatic rings. The summed E-state index contributed by atoms with van der Waals surface area (Å²) in [6.07, 6.45) is 3.01. The molecule has 1 saturated carbocycles. The second-order valence-corrected chi connectivity index (χ2v) is 5.35. The molecule has 0 heterocycles. The maximum absolute atomic E-state index is 12.4. The van der Waals surface area contributed by atoms with E-state index in [9.17, 15) is 4.79 Å². The number of ether oxygens (including phenoxy) is 1. The normalized spacial score (nSPS) is 20.7. The van der Waals surface area contributed by atoms with Gasteiger partial charge in [-0.3, -0.25) is 4.79 Å². The van der Waals surface area contributed by atoms with E-state index in [0.29, 0.717) is 11.1 Å². The summed E-state index contributed by atoms with van der Waals surface area (Å²) in [6.45, 7) is 1.74. The lowest BCUT2D eigenvalue weighted by Gasteiger charge is -2.14. The summed E-state index contributed by atoms with van der Waals surface area (Å²) >= 11 is 0. The zero-order valence-corrected chi connectivity index (χ0v) is 12.5. The molecule has 2 unspecified atom stereocenters. The van der Waals surface area contributed by atoms with Crippen LogP contribution in [-0.4, -0.2) is 36.9 Å². The Bertz CT molecular complexity index is 571. The number of hydrogen-bond donors (Lipinski definition) is 2. The van der Waals surface area contributed by atoms with Crippen LogP contribution < -0.4 is 5.32 Å². The van der Waals surface area contributed by atoms with Crippen molar-refractivity contribution >= 4 is 5.91 Å². The van der Waals surface area contributed by atoms with Gasteiger partial charge >= 0.3 is 0 Å². The van der Waals surface area contributed by atoms with Crippen molar-refractivity contribution in [2.45, 2.75) is 38.3 Å². The molecule has 0 saturated heterocycles. The van der Waals surface area contributed by atoms with Crippen LogP contribution >= 0.6 is 0 Å². The number of benzene rings is 1. The third-order valence-corrected chi connectivity index (χ3v) is 3.77. The van der Waals surface area contributed by atoms with Crippen molar-refractivity contribution in [3.05, 3.63) is 34.9 Å². The average molecular weight is 287 g/mol. The fraction of sp³-hybridized carbons (Fsp3) is 0.471. The largest absolute Gasteiger partial charge is 0.384 e. The summed E-state index contributed by atoms with van der Waals surface area (Å²) in [4.78, 5) is 12.4. The van der Waals surface area contributed by atoms with E-state index < -0.39 is 0 Å². The highest BCUT2D eigenvalue weighted by atomic mass is 16.5. The molecule has 0 aromatic heterocycles. The van der Waals surface area contributed by atoms with E-state index in [1.54, 1.807) is 13.2 Å². The van der Waals surface area contributed by atoms with Crippen LogP contribution in [0.4, 0.5) is 0 Å². The van der Waals surface area contributed by atoms with Crippen LogP contribution in [0.15, 0.2) is 18.2 Å². The van der Waals surface area contributed by atoms with Crippen molar-refractivity contribution in [2.75, 3.05) is 13.7 Å². The van der Waals surface area contributed by atoms with Gasteiger partial charge in [0.15, 0.2) is 0 Å². The lowest BCUT2D eigenvalue weighted by atomic mass is 10.0. The van der Waals surface area contributed by atoms with Gasteiger partial charge in [0.1, 0.15) is 6.61 Å². The number of amides is 1. The number of rotatable bonds is 3. The Morgan fingerprint density at radius 3 is 2.95 bits per heavy atom. The lowest BCUT2D eigenvalue weighted by molar-refractivity contribution is 0.0915. The summed E-state index contributed by atoms with van der Waals surface area (Å²) in [5.41, 5.74) is 2.25. The van der Waals surface area contributed by atoms with Crippen molar-refractivity contribution in [1.29, 1.82) is 0 Å². The Morgan fingerprint density at radius 2 is 2.29 bits per heavy atom. The molecule has 0 bridgehead atoms. The van der Waals surface area contributed by atoms with Gasteiger partial charge in [0, 0.05) is 18.7 Å². The van der Waals surface area contributed by atoms with Gasteiger partial charge in [-0.05, 0) is 43.9 Å². The van der Waals surface area contributed by atoms with Gasteiger partial charge in [0.25, 0.3) is 5.91 Å². The van der Waals surface area contributed by atoms with Crippen LogP contribution in [0.3, 0.4) is 0 Å². The number of aryl methyl sites for hydroxylation is 1. The zero-order chi connectivity index (χ0) is 15.2. The predicted molar refractivity (Wildman–Crippen MR) is 81.0 cm³/mol. The van der Waals surface area contributed by atoms with E-state index in [2.05, 4.69) is 17.2 Å². The van der Waals surface area contributed by atoms with Crippen LogP contribution in [0.25, 0.3) is 0 Å². The molecule has 1 aromatic rings. The van der Waals surface area contributed by atoms with E-state index in [4.69, 9.17) is 9.84 Å². The highest BCUT2D eigenvalue weighted by Gasteiger charge is 2.26. The molecule has 0 spiro atoms. The second-order valence-electron chi connectivity index (χ2n) is 5.35. The SMILES string of the molecule is COC1CCC(NC(=O)c2ccc(C)cc2C#CCO)C1. The molecule has 2 N–H and O–H groups in total. The number of methoxy groups -OCH3 is 1. The average Bonchev–Trinajstić information content (AvgIpc) is 2.92. The van der Waals surface area contributed by atoms with Crippen molar-refractivity contribution in [1.82, 2.24) is 5.32 Å². The molecule has 2 atom stereocenters. The molecule has 1 amide bonds. The summed E-state index contributed by atoms with van der Waals surface area (Å²) in [5, 5.41) is 11.9. The predicted octanol–water partition coefficient (Wildman–Crippen LogP) is 1.64. The third-order valence-electron chi connectivity index (χ3n) is 3.77. The van der Waals surface area contributed by atoms with E-state index in [1.807, 2.05) is 19.1 Å². The smallest absolute Gasteiger partial charge is 0.252 e. The Hall–Kier alpha value is -1.83. The quantitative estimate of drug-likeness (QED) is 0.831.